The lowest BCUT2D eigenvalue weighted by Gasteiger charge is -2.24. The Kier molecular flexibility index (Phi) is 3.32. The quantitative estimate of drug-likeness (QED) is 0.733. The fourth-order valence-corrected chi connectivity index (χ4v) is 3.51. The summed E-state index contributed by atoms with van der Waals surface area (Å²) in [4.78, 5) is 0. The molecule has 1 aromatic carbocycles. The Hall–Kier alpha value is -1.34. The van der Waals surface area contributed by atoms with Crippen LogP contribution in [0.15, 0.2) is 22.8 Å². The minimum Gasteiger partial charge on any atom is -0.343 e. The molecule has 1 aliphatic rings. The molecule has 1 fully saturated rings. The fourth-order valence-electron chi connectivity index (χ4n) is 2.98. The summed E-state index contributed by atoms with van der Waals surface area (Å²) < 4.78 is 16.9. The molecule has 1 aromatic heterocycles. The van der Waals surface area contributed by atoms with Crippen LogP contribution in [0.5, 0.6) is 0 Å². The van der Waals surface area contributed by atoms with Crippen LogP contribution in [0.1, 0.15) is 43.7 Å². The third-order valence-corrected chi connectivity index (χ3v) is 4.59. The largest absolute Gasteiger partial charge is 0.343 e. The molecule has 3 rings (SSSR count). The van der Waals surface area contributed by atoms with E-state index in [4.69, 9.17) is 5.26 Å². The Morgan fingerprint density at radius 3 is 2.68 bits per heavy atom. The molecule has 0 spiro atoms. The van der Waals surface area contributed by atoms with Gasteiger partial charge < -0.3 is 4.57 Å². The van der Waals surface area contributed by atoms with Crippen LogP contribution in [-0.2, 0) is 0 Å². The number of benzene rings is 1. The highest BCUT2D eigenvalue weighted by atomic mass is 79.9. The Morgan fingerprint density at radius 1 is 1.26 bits per heavy atom. The summed E-state index contributed by atoms with van der Waals surface area (Å²) in [5, 5.41) is 9.83. The molecular formula is C15H14BrFN2. The molecule has 1 aliphatic carbocycles. The lowest BCUT2D eigenvalue weighted by molar-refractivity contribution is 0.360. The van der Waals surface area contributed by atoms with Crippen LogP contribution in [-0.4, -0.2) is 4.57 Å². The van der Waals surface area contributed by atoms with Crippen LogP contribution >= 0.6 is 15.9 Å². The third kappa shape index (κ3) is 2.17. The maximum atomic E-state index is 13.8. The highest BCUT2D eigenvalue weighted by Gasteiger charge is 2.19. The average molecular weight is 321 g/mol. The van der Waals surface area contributed by atoms with Crippen LogP contribution < -0.4 is 0 Å². The summed E-state index contributed by atoms with van der Waals surface area (Å²) in [5.41, 5.74) is 0.991. The summed E-state index contributed by atoms with van der Waals surface area (Å²) >= 11 is 3.52. The van der Waals surface area contributed by atoms with Crippen LogP contribution in [0.3, 0.4) is 0 Å². The van der Waals surface area contributed by atoms with Gasteiger partial charge in [-0.2, -0.15) is 5.26 Å². The standard InChI is InChI=1S/C15H14BrFN2/c16-13-9-19(11-4-2-1-3-5-11)15-7-14(17)10(8-18)6-12(13)15/h6-7,9,11H,1-5H2. The first-order valence-electron chi connectivity index (χ1n) is 6.60. The molecule has 0 saturated heterocycles. The normalized spacial score (nSPS) is 16.7. The Labute approximate surface area is 120 Å². The molecule has 2 nitrogen and oxygen atoms in total. The number of hydrogen-bond acceptors (Lipinski definition) is 1. The SMILES string of the molecule is N#Cc1cc2c(Br)cn(C3CCCCC3)c2cc1F. The molecule has 0 N–H and O–H groups in total. The van der Waals surface area contributed by atoms with E-state index in [9.17, 15) is 4.39 Å². The number of aromatic nitrogens is 1. The first-order valence-corrected chi connectivity index (χ1v) is 7.39. The Bertz CT molecular complexity index is 663. The van der Waals surface area contributed by atoms with Crippen molar-refractivity contribution in [3.63, 3.8) is 0 Å². The molecule has 98 valence electrons. The molecule has 19 heavy (non-hydrogen) atoms. The highest BCUT2D eigenvalue weighted by Crippen LogP contribution is 2.36. The van der Waals surface area contributed by atoms with Gasteiger partial charge >= 0.3 is 0 Å². The van der Waals surface area contributed by atoms with E-state index < -0.39 is 5.82 Å². The van der Waals surface area contributed by atoms with E-state index in [1.165, 1.54) is 25.3 Å². The summed E-state index contributed by atoms with van der Waals surface area (Å²) in [7, 11) is 0. The molecule has 0 bridgehead atoms. The van der Waals surface area contributed by atoms with Gasteiger partial charge in [-0.25, -0.2) is 4.39 Å². The number of nitriles is 1. The van der Waals surface area contributed by atoms with Gasteiger partial charge in [-0.15, -0.1) is 0 Å². The fraction of sp³-hybridized carbons (Fsp3) is 0.400. The zero-order valence-electron chi connectivity index (χ0n) is 10.5. The van der Waals surface area contributed by atoms with Crippen LogP contribution in [0.25, 0.3) is 10.9 Å². The lowest BCUT2D eigenvalue weighted by Crippen LogP contribution is -2.11. The molecule has 0 aliphatic heterocycles. The summed E-state index contributed by atoms with van der Waals surface area (Å²) in [5.74, 6) is -0.433. The van der Waals surface area contributed by atoms with Crippen molar-refractivity contribution in [2.45, 2.75) is 38.1 Å². The van der Waals surface area contributed by atoms with E-state index in [1.54, 1.807) is 6.07 Å². The zero-order valence-corrected chi connectivity index (χ0v) is 12.1. The minimum absolute atomic E-state index is 0.106. The minimum atomic E-state index is -0.433. The first-order chi connectivity index (χ1) is 9.20. The van der Waals surface area contributed by atoms with Crippen molar-refractivity contribution in [3.8, 4) is 6.07 Å². The third-order valence-electron chi connectivity index (χ3n) is 3.96. The molecule has 1 heterocycles. The van der Waals surface area contributed by atoms with Crippen LogP contribution in [0.2, 0.25) is 0 Å². The van der Waals surface area contributed by atoms with Crippen molar-refractivity contribution in [2.75, 3.05) is 0 Å². The summed E-state index contributed by atoms with van der Waals surface area (Å²) in [6, 6.07) is 5.48. The maximum absolute atomic E-state index is 13.8. The molecule has 1 saturated carbocycles. The molecular weight excluding hydrogens is 307 g/mol. The van der Waals surface area contributed by atoms with Gasteiger partial charge in [0, 0.05) is 22.1 Å². The monoisotopic (exact) mass is 320 g/mol. The average Bonchev–Trinajstić information content (AvgIpc) is 2.75. The number of nitrogens with zero attached hydrogens (tertiary/aromatic N) is 2. The lowest BCUT2D eigenvalue weighted by atomic mass is 9.95. The molecule has 0 amide bonds. The van der Waals surface area contributed by atoms with Crippen LogP contribution in [0, 0.1) is 17.1 Å². The molecule has 0 atom stereocenters. The predicted octanol–water partition coefficient (Wildman–Crippen LogP) is 4.92. The first kappa shape index (κ1) is 12.7. The second-order valence-electron chi connectivity index (χ2n) is 5.14. The van der Waals surface area contributed by atoms with E-state index in [0.717, 1.165) is 28.2 Å². The second kappa shape index (κ2) is 4.97. The van der Waals surface area contributed by atoms with Gasteiger partial charge in [0.2, 0.25) is 0 Å². The molecule has 2 aromatic rings. The number of halogens is 2. The van der Waals surface area contributed by atoms with Crippen molar-refractivity contribution in [3.05, 3.63) is 34.2 Å². The van der Waals surface area contributed by atoms with E-state index in [-0.39, 0.29) is 5.56 Å². The van der Waals surface area contributed by atoms with Gasteiger partial charge in [-0.3, -0.25) is 0 Å². The smallest absolute Gasteiger partial charge is 0.143 e. The van der Waals surface area contributed by atoms with Gasteiger partial charge in [0.25, 0.3) is 0 Å². The number of fused-ring (bicyclic) bond motifs is 1. The molecule has 4 heteroatoms. The van der Waals surface area contributed by atoms with E-state index in [0.29, 0.717) is 6.04 Å². The molecule has 0 unspecified atom stereocenters. The second-order valence-corrected chi connectivity index (χ2v) is 5.99. The maximum Gasteiger partial charge on any atom is 0.143 e. The zero-order chi connectivity index (χ0) is 13.4. The summed E-state index contributed by atoms with van der Waals surface area (Å²) in [6.45, 7) is 0. The Balaban J connectivity index is 2.16. The van der Waals surface area contributed by atoms with Crippen molar-refractivity contribution < 1.29 is 4.39 Å². The number of hydrogen-bond donors (Lipinski definition) is 0. The Morgan fingerprint density at radius 2 is 2.00 bits per heavy atom. The van der Waals surface area contributed by atoms with E-state index in [1.807, 2.05) is 12.3 Å². The van der Waals surface area contributed by atoms with Crippen molar-refractivity contribution in [2.24, 2.45) is 0 Å². The topological polar surface area (TPSA) is 28.7 Å². The van der Waals surface area contributed by atoms with E-state index >= 15 is 0 Å². The molecule has 0 radical (unpaired) electrons. The van der Waals surface area contributed by atoms with Gasteiger partial charge in [-0.05, 0) is 40.9 Å². The van der Waals surface area contributed by atoms with Gasteiger partial charge in [0.05, 0.1) is 11.1 Å². The predicted molar refractivity (Wildman–Crippen MR) is 76.4 cm³/mol. The van der Waals surface area contributed by atoms with Gasteiger partial charge in [0.1, 0.15) is 11.9 Å². The van der Waals surface area contributed by atoms with Crippen molar-refractivity contribution >= 4 is 26.8 Å². The van der Waals surface area contributed by atoms with Gasteiger partial charge in [0.15, 0.2) is 0 Å². The van der Waals surface area contributed by atoms with E-state index in [2.05, 4.69) is 20.5 Å². The van der Waals surface area contributed by atoms with Crippen molar-refractivity contribution in [1.82, 2.24) is 4.57 Å². The van der Waals surface area contributed by atoms with Crippen molar-refractivity contribution in [1.29, 1.82) is 5.26 Å². The summed E-state index contributed by atoms with van der Waals surface area (Å²) in [6.07, 6.45) is 8.10. The number of rotatable bonds is 1. The van der Waals surface area contributed by atoms with Gasteiger partial charge in [-0.1, -0.05) is 19.3 Å². The van der Waals surface area contributed by atoms with Crippen LogP contribution in [0.4, 0.5) is 4.39 Å². The highest BCUT2D eigenvalue weighted by molar-refractivity contribution is 9.10.